The number of piperidine rings is 1. The molecule has 1 N–H and O–H groups in total. The van der Waals surface area contributed by atoms with Crippen LogP contribution in [-0.4, -0.2) is 74.6 Å². The van der Waals surface area contributed by atoms with Crippen LogP contribution in [0.2, 0.25) is 0 Å². The van der Waals surface area contributed by atoms with E-state index in [1.54, 1.807) is 7.11 Å². The van der Waals surface area contributed by atoms with E-state index in [9.17, 15) is 5.11 Å². The lowest BCUT2D eigenvalue weighted by atomic mass is 9.99. The van der Waals surface area contributed by atoms with E-state index in [0.717, 1.165) is 54.8 Å². The smallest absolute Gasteiger partial charge is 0.161 e. The molecule has 0 amide bonds. The molecule has 0 radical (unpaired) electrons. The summed E-state index contributed by atoms with van der Waals surface area (Å²) in [5.41, 5.74) is 2.48. The lowest BCUT2D eigenvalue weighted by Gasteiger charge is -2.30. The van der Waals surface area contributed by atoms with Gasteiger partial charge in [-0.3, -0.25) is 9.80 Å². The van der Waals surface area contributed by atoms with Crippen LogP contribution in [0.3, 0.4) is 0 Å². The Morgan fingerprint density at radius 2 is 1.38 bits per heavy atom. The number of aryl methyl sites for hydroxylation is 1. The summed E-state index contributed by atoms with van der Waals surface area (Å²) >= 11 is 0. The van der Waals surface area contributed by atoms with Gasteiger partial charge in [-0.25, -0.2) is 0 Å². The number of nitrogens with zero attached hydrogens (tertiary/aromatic N) is 2. The van der Waals surface area contributed by atoms with Crippen molar-refractivity contribution in [3.8, 4) is 17.2 Å². The molecule has 1 fully saturated rings. The van der Waals surface area contributed by atoms with E-state index in [-0.39, 0.29) is 6.61 Å². The first-order valence-electron chi connectivity index (χ1n) is 19.1. The van der Waals surface area contributed by atoms with Gasteiger partial charge >= 0.3 is 0 Å². The molecule has 266 valence electrons. The second-order valence-electron chi connectivity index (χ2n) is 14.2. The summed E-state index contributed by atoms with van der Waals surface area (Å²) in [5, 5.41) is 10.6. The minimum atomic E-state index is -0.576. The molecule has 1 atom stereocenters. The maximum Gasteiger partial charge on any atom is 0.161 e. The summed E-state index contributed by atoms with van der Waals surface area (Å²) < 4.78 is 17.6. The molecule has 3 rings (SSSR count). The standard InChI is InChI=1S/C41H68N2O4/c1-5-6-7-8-9-10-11-12-13-14-15-16-17-18-36-19-22-39(23-20-36)47-34-38(44)33-42(3)32-37-21-24-40(41(31-37)45-4)46-30-29-43-27-25-35(2)26-28-43/h19-24,31,35,38,44H,5-18,25-30,32-34H2,1-4H3. The molecule has 2 aromatic rings. The number of aliphatic hydroxyl groups excluding tert-OH is 1. The summed E-state index contributed by atoms with van der Waals surface area (Å²) in [5.74, 6) is 3.20. The molecule has 1 unspecified atom stereocenters. The molecule has 1 heterocycles. The van der Waals surface area contributed by atoms with Gasteiger partial charge in [0.15, 0.2) is 11.5 Å². The van der Waals surface area contributed by atoms with Crippen molar-refractivity contribution < 1.29 is 19.3 Å². The molecular weight excluding hydrogens is 584 g/mol. The highest BCUT2D eigenvalue weighted by Gasteiger charge is 2.16. The quantitative estimate of drug-likeness (QED) is 0.102. The Hall–Kier alpha value is -2.28. The third kappa shape index (κ3) is 17.1. The molecule has 2 aromatic carbocycles. The summed E-state index contributed by atoms with van der Waals surface area (Å²) in [6, 6.07) is 14.5. The summed E-state index contributed by atoms with van der Waals surface area (Å²) in [7, 11) is 3.71. The Labute approximate surface area is 288 Å². The van der Waals surface area contributed by atoms with Crippen LogP contribution < -0.4 is 14.2 Å². The monoisotopic (exact) mass is 653 g/mol. The second kappa shape index (κ2) is 23.9. The number of likely N-dealkylation sites (tertiary alicyclic amines) is 1. The zero-order chi connectivity index (χ0) is 33.5. The molecule has 1 saturated heterocycles. The maximum absolute atomic E-state index is 10.6. The van der Waals surface area contributed by atoms with Gasteiger partial charge in [-0.15, -0.1) is 0 Å². The lowest BCUT2D eigenvalue weighted by molar-refractivity contribution is 0.0743. The topological polar surface area (TPSA) is 54.4 Å². The van der Waals surface area contributed by atoms with Crippen molar-refractivity contribution in [1.29, 1.82) is 0 Å². The number of methoxy groups -OCH3 is 1. The SMILES string of the molecule is CCCCCCCCCCCCCCCc1ccc(OCC(O)CN(C)Cc2ccc(OCCN3CCC(C)CC3)c(OC)c2)cc1. The van der Waals surface area contributed by atoms with E-state index >= 15 is 0 Å². The van der Waals surface area contributed by atoms with Crippen LogP contribution in [0.25, 0.3) is 0 Å². The van der Waals surface area contributed by atoms with Crippen LogP contribution in [0, 0.1) is 5.92 Å². The van der Waals surface area contributed by atoms with E-state index < -0.39 is 6.10 Å². The Morgan fingerprint density at radius 3 is 2.00 bits per heavy atom. The van der Waals surface area contributed by atoms with Gasteiger partial charge in [-0.2, -0.15) is 0 Å². The Balaban J connectivity index is 1.24. The first kappa shape index (κ1) is 39.2. The third-order valence-corrected chi connectivity index (χ3v) is 9.68. The molecule has 6 heteroatoms. The largest absolute Gasteiger partial charge is 0.493 e. The van der Waals surface area contributed by atoms with Crippen molar-refractivity contribution >= 4 is 0 Å². The van der Waals surface area contributed by atoms with Crippen LogP contribution in [0.4, 0.5) is 0 Å². The zero-order valence-corrected chi connectivity index (χ0v) is 30.5. The van der Waals surface area contributed by atoms with E-state index in [1.807, 2.05) is 31.3 Å². The van der Waals surface area contributed by atoms with Gasteiger partial charge in [0.2, 0.25) is 0 Å². The Morgan fingerprint density at radius 1 is 0.787 bits per heavy atom. The van der Waals surface area contributed by atoms with Crippen molar-refractivity contribution in [2.75, 3.05) is 53.6 Å². The number of likely N-dealkylation sites (N-methyl/N-ethyl adjacent to an activating group) is 1. The van der Waals surface area contributed by atoms with Crippen LogP contribution in [0.15, 0.2) is 42.5 Å². The molecule has 1 aliphatic heterocycles. The van der Waals surface area contributed by atoms with Crippen LogP contribution in [0.5, 0.6) is 17.2 Å². The molecule has 0 bridgehead atoms. The molecule has 0 spiro atoms. The summed E-state index contributed by atoms with van der Waals surface area (Å²) in [6.07, 6.45) is 21.1. The minimum absolute atomic E-state index is 0.272. The molecule has 1 aliphatic rings. The van der Waals surface area contributed by atoms with Gasteiger partial charge in [0, 0.05) is 19.6 Å². The van der Waals surface area contributed by atoms with Gasteiger partial charge < -0.3 is 19.3 Å². The van der Waals surface area contributed by atoms with Crippen molar-refractivity contribution in [2.24, 2.45) is 5.92 Å². The number of ether oxygens (including phenoxy) is 3. The van der Waals surface area contributed by atoms with Gasteiger partial charge in [-0.1, -0.05) is 109 Å². The Kier molecular flexibility index (Phi) is 20.0. The molecular formula is C41H68N2O4. The molecule has 0 aromatic heterocycles. The second-order valence-corrected chi connectivity index (χ2v) is 14.2. The van der Waals surface area contributed by atoms with E-state index in [4.69, 9.17) is 14.2 Å². The van der Waals surface area contributed by atoms with Gasteiger partial charge in [-0.05, 0) is 87.1 Å². The fourth-order valence-corrected chi connectivity index (χ4v) is 6.58. The number of rotatable bonds is 26. The number of benzene rings is 2. The number of hydrogen-bond donors (Lipinski definition) is 1. The summed E-state index contributed by atoms with van der Waals surface area (Å²) in [4.78, 5) is 4.60. The Bertz CT molecular complexity index is 1050. The van der Waals surface area contributed by atoms with Crippen molar-refractivity contribution in [1.82, 2.24) is 9.80 Å². The van der Waals surface area contributed by atoms with Gasteiger partial charge in [0.05, 0.1) is 7.11 Å². The maximum atomic E-state index is 10.6. The van der Waals surface area contributed by atoms with E-state index in [0.29, 0.717) is 19.7 Å². The molecule has 6 nitrogen and oxygen atoms in total. The fraction of sp³-hybridized carbons (Fsp3) is 0.707. The zero-order valence-electron chi connectivity index (χ0n) is 30.5. The first-order valence-corrected chi connectivity index (χ1v) is 19.1. The predicted octanol–water partition coefficient (Wildman–Crippen LogP) is 9.31. The average molecular weight is 653 g/mol. The third-order valence-electron chi connectivity index (χ3n) is 9.68. The predicted molar refractivity (Wildman–Crippen MR) is 197 cm³/mol. The van der Waals surface area contributed by atoms with E-state index in [1.165, 1.54) is 102 Å². The average Bonchev–Trinajstić information content (AvgIpc) is 3.07. The normalized spacial score (nSPS) is 14.9. The van der Waals surface area contributed by atoms with Crippen LogP contribution in [0.1, 0.15) is 121 Å². The van der Waals surface area contributed by atoms with E-state index in [2.05, 4.69) is 41.8 Å². The lowest BCUT2D eigenvalue weighted by Crippen LogP contribution is -2.35. The highest BCUT2D eigenvalue weighted by Crippen LogP contribution is 2.29. The number of unbranched alkanes of at least 4 members (excludes halogenated alkanes) is 12. The number of aliphatic hydroxyl groups is 1. The molecule has 47 heavy (non-hydrogen) atoms. The highest BCUT2D eigenvalue weighted by molar-refractivity contribution is 5.43. The minimum Gasteiger partial charge on any atom is -0.493 e. The van der Waals surface area contributed by atoms with Crippen LogP contribution >= 0.6 is 0 Å². The fourth-order valence-electron chi connectivity index (χ4n) is 6.58. The van der Waals surface area contributed by atoms with Crippen molar-refractivity contribution in [3.05, 3.63) is 53.6 Å². The first-order chi connectivity index (χ1) is 23.0. The number of hydrogen-bond acceptors (Lipinski definition) is 6. The molecule has 0 saturated carbocycles. The summed E-state index contributed by atoms with van der Waals surface area (Å²) in [6.45, 7) is 10.1. The van der Waals surface area contributed by atoms with Crippen molar-refractivity contribution in [3.63, 3.8) is 0 Å². The van der Waals surface area contributed by atoms with Gasteiger partial charge in [0.1, 0.15) is 25.1 Å². The highest BCUT2D eigenvalue weighted by atomic mass is 16.5. The van der Waals surface area contributed by atoms with Crippen molar-refractivity contribution in [2.45, 2.75) is 129 Å². The van der Waals surface area contributed by atoms with Gasteiger partial charge in [0.25, 0.3) is 0 Å². The van der Waals surface area contributed by atoms with Crippen LogP contribution in [-0.2, 0) is 13.0 Å². The molecule has 0 aliphatic carbocycles.